The topological polar surface area (TPSA) is 54.8 Å². The number of hydrogen-bond acceptors (Lipinski definition) is 4. The van der Waals surface area contributed by atoms with E-state index in [1.165, 1.54) is 12.7 Å². The molecule has 20 heavy (non-hydrogen) atoms. The third-order valence-electron chi connectivity index (χ3n) is 3.56. The highest BCUT2D eigenvalue weighted by molar-refractivity contribution is 6.31. The van der Waals surface area contributed by atoms with Crippen LogP contribution in [0.1, 0.15) is 19.3 Å². The summed E-state index contributed by atoms with van der Waals surface area (Å²) >= 11 is 6.13. The van der Waals surface area contributed by atoms with E-state index >= 15 is 0 Å². The zero-order chi connectivity index (χ0) is 13.8. The number of aromatic nitrogens is 3. The molecule has 1 aliphatic rings. The van der Waals surface area contributed by atoms with Gasteiger partial charge in [-0.25, -0.2) is 9.67 Å². The highest BCUT2D eigenvalue weighted by atomic mass is 35.5. The van der Waals surface area contributed by atoms with Crippen LogP contribution in [0.4, 0.5) is 5.69 Å². The van der Waals surface area contributed by atoms with E-state index in [0.29, 0.717) is 6.04 Å². The smallest absolute Gasteiger partial charge is 0.138 e. The summed E-state index contributed by atoms with van der Waals surface area (Å²) in [4.78, 5) is 4.00. The lowest BCUT2D eigenvalue weighted by atomic mass is 10.1. The fraction of sp³-hybridized carbons (Fsp3) is 0.429. The van der Waals surface area contributed by atoms with Gasteiger partial charge < -0.3 is 10.6 Å². The number of halogens is 1. The van der Waals surface area contributed by atoms with Crippen LogP contribution in [-0.2, 0) is 0 Å². The van der Waals surface area contributed by atoms with Gasteiger partial charge in [0.25, 0.3) is 0 Å². The zero-order valence-electron chi connectivity index (χ0n) is 11.2. The average molecular weight is 292 g/mol. The highest BCUT2D eigenvalue weighted by Crippen LogP contribution is 2.26. The summed E-state index contributed by atoms with van der Waals surface area (Å²) < 4.78 is 1.76. The second kappa shape index (κ2) is 6.24. The third kappa shape index (κ3) is 3.11. The first-order chi connectivity index (χ1) is 9.83. The molecule has 0 bridgehead atoms. The van der Waals surface area contributed by atoms with Crippen molar-refractivity contribution in [2.45, 2.75) is 25.3 Å². The summed E-state index contributed by atoms with van der Waals surface area (Å²) in [7, 11) is 0. The maximum atomic E-state index is 6.13. The minimum Gasteiger partial charge on any atom is -0.380 e. The molecule has 2 heterocycles. The van der Waals surface area contributed by atoms with Crippen LogP contribution in [0.3, 0.4) is 0 Å². The maximum absolute atomic E-state index is 6.13. The standard InChI is InChI=1S/C14H18ClN5/c15-11-3-4-14(20-10-17-9-18-20)13(8-11)19-12-2-1-6-16-7-5-12/h3-4,8-10,12,16,19H,1-2,5-7H2. The van der Waals surface area contributed by atoms with Crippen LogP contribution in [0.25, 0.3) is 5.69 Å². The van der Waals surface area contributed by atoms with Crippen LogP contribution in [0.5, 0.6) is 0 Å². The Hall–Kier alpha value is -1.59. The van der Waals surface area contributed by atoms with E-state index < -0.39 is 0 Å². The van der Waals surface area contributed by atoms with Gasteiger partial charge in [0.2, 0.25) is 0 Å². The number of nitrogens with one attached hydrogen (secondary N) is 2. The highest BCUT2D eigenvalue weighted by Gasteiger charge is 2.14. The molecule has 3 rings (SSSR count). The maximum Gasteiger partial charge on any atom is 0.138 e. The summed E-state index contributed by atoms with van der Waals surface area (Å²) in [5.74, 6) is 0. The molecule has 2 N–H and O–H groups in total. The van der Waals surface area contributed by atoms with E-state index in [2.05, 4.69) is 20.7 Å². The molecule has 1 aliphatic heterocycles. The van der Waals surface area contributed by atoms with Gasteiger partial charge in [-0.3, -0.25) is 0 Å². The molecule has 1 saturated heterocycles. The molecule has 1 aromatic carbocycles. The Balaban J connectivity index is 1.85. The molecule has 0 amide bonds. The predicted molar refractivity (Wildman–Crippen MR) is 80.5 cm³/mol. The number of nitrogens with zero attached hydrogens (tertiary/aromatic N) is 3. The fourth-order valence-electron chi connectivity index (χ4n) is 2.54. The van der Waals surface area contributed by atoms with Gasteiger partial charge in [-0.2, -0.15) is 5.10 Å². The van der Waals surface area contributed by atoms with Gasteiger partial charge in [0.05, 0.1) is 11.4 Å². The largest absolute Gasteiger partial charge is 0.380 e. The van der Waals surface area contributed by atoms with Gasteiger partial charge in [-0.05, 0) is 50.6 Å². The third-order valence-corrected chi connectivity index (χ3v) is 3.79. The van der Waals surface area contributed by atoms with E-state index in [0.717, 1.165) is 42.3 Å². The monoisotopic (exact) mass is 291 g/mol. The summed E-state index contributed by atoms with van der Waals surface area (Å²) in [5, 5.41) is 12.0. The quantitative estimate of drug-likeness (QED) is 0.912. The summed E-state index contributed by atoms with van der Waals surface area (Å²) in [6, 6.07) is 6.26. The van der Waals surface area contributed by atoms with Crippen LogP contribution < -0.4 is 10.6 Å². The second-order valence-corrected chi connectivity index (χ2v) is 5.46. The first-order valence-corrected chi connectivity index (χ1v) is 7.32. The van der Waals surface area contributed by atoms with Crippen LogP contribution >= 0.6 is 11.6 Å². The molecule has 1 atom stereocenters. The Morgan fingerprint density at radius 2 is 2.25 bits per heavy atom. The molecular weight excluding hydrogens is 274 g/mol. The number of benzene rings is 1. The molecular formula is C14H18ClN5. The van der Waals surface area contributed by atoms with Crippen molar-refractivity contribution in [3.63, 3.8) is 0 Å². The second-order valence-electron chi connectivity index (χ2n) is 5.02. The molecule has 0 radical (unpaired) electrons. The van der Waals surface area contributed by atoms with Gasteiger partial charge in [-0.1, -0.05) is 11.6 Å². The Bertz CT molecular complexity index is 547. The summed E-state index contributed by atoms with van der Waals surface area (Å²) in [6.07, 6.45) is 6.70. The van der Waals surface area contributed by atoms with Crippen LogP contribution in [0.2, 0.25) is 5.02 Å². The fourth-order valence-corrected chi connectivity index (χ4v) is 2.71. The molecule has 1 aromatic heterocycles. The van der Waals surface area contributed by atoms with Gasteiger partial charge in [0, 0.05) is 11.1 Å². The van der Waals surface area contributed by atoms with Crippen molar-refractivity contribution in [3.8, 4) is 5.69 Å². The molecule has 6 heteroatoms. The van der Waals surface area contributed by atoms with Crippen molar-refractivity contribution in [1.29, 1.82) is 0 Å². The van der Waals surface area contributed by atoms with Gasteiger partial charge in [0.1, 0.15) is 12.7 Å². The number of hydrogen-bond donors (Lipinski definition) is 2. The Labute approximate surface area is 123 Å². The van der Waals surface area contributed by atoms with E-state index in [-0.39, 0.29) is 0 Å². The Kier molecular flexibility index (Phi) is 4.18. The molecule has 0 aliphatic carbocycles. The average Bonchev–Trinajstić information content (AvgIpc) is 2.85. The first-order valence-electron chi connectivity index (χ1n) is 6.95. The normalized spacial score (nSPS) is 19.6. The number of rotatable bonds is 3. The van der Waals surface area contributed by atoms with Crippen molar-refractivity contribution < 1.29 is 0 Å². The van der Waals surface area contributed by atoms with Crippen LogP contribution in [-0.4, -0.2) is 33.9 Å². The summed E-state index contributed by atoms with van der Waals surface area (Å²) in [6.45, 7) is 2.15. The van der Waals surface area contributed by atoms with Crippen molar-refractivity contribution in [2.24, 2.45) is 0 Å². The molecule has 2 aromatic rings. The minimum absolute atomic E-state index is 0.464. The van der Waals surface area contributed by atoms with E-state index in [1.807, 2.05) is 18.2 Å². The van der Waals surface area contributed by atoms with Gasteiger partial charge in [0.15, 0.2) is 0 Å². The molecule has 5 nitrogen and oxygen atoms in total. The van der Waals surface area contributed by atoms with Crippen LogP contribution in [0, 0.1) is 0 Å². The number of anilines is 1. The lowest BCUT2D eigenvalue weighted by Gasteiger charge is -2.20. The molecule has 0 spiro atoms. The summed E-state index contributed by atoms with van der Waals surface area (Å²) in [5.41, 5.74) is 1.99. The van der Waals surface area contributed by atoms with Gasteiger partial charge >= 0.3 is 0 Å². The van der Waals surface area contributed by atoms with Gasteiger partial charge in [-0.15, -0.1) is 0 Å². The minimum atomic E-state index is 0.464. The van der Waals surface area contributed by atoms with E-state index in [4.69, 9.17) is 11.6 Å². The Morgan fingerprint density at radius 1 is 1.30 bits per heavy atom. The van der Waals surface area contributed by atoms with Crippen molar-refractivity contribution in [2.75, 3.05) is 18.4 Å². The predicted octanol–water partition coefficient (Wildman–Crippen LogP) is 2.47. The van der Waals surface area contributed by atoms with Crippen molar-refractivity contribution in [3.05, 3.63) is 35.9 Å². The molecule has 1 unspecified atom stereocenters. The Morgan fingerprint density at radius 3 is 3.10 bits per heavy atom. The lowest BCUT2D eigenvalue weighted by Crippen LogP contribution is -2.22. The molecule has 106 valence electrons. The van der Waals surface area contributed by atoms with Crippen molar-refractivity contribution >= 4 is 17.3 Å². The zero-order valence-corrected chi connectivity index (χ0v) is 12.0. The van der Waals surface area contributed by atoms with Crippen LogP contribution in [0.15, 0.2) is 30.9 Å². The lowest BCUT2D eigenvalue weighted by molar-refractivity contribution is 0.636. The SMILES string of the molecule is Clc1ccc(-n2cncn2)c(NC2CCCNCC2)c1. The van der Waals surface area contributed by atoms with E-state index in [1.54, 1.807) is 11.0 Å². The van der Waals surface area contributed by atoms with Crippen molar-refractivity contribution in [1.82, 2.24) is 20.1 Å². The molecule has 0 saturated carbocycles. The molecule has 1 fully saturated rings. The van der Waals surface area contributed by atoms with E-state index in [9.17, 15) is 0 Å². The first kappa shape index (κ1) is 13.4.